The maximum absolute atomic E-state index is 2.44. The molecule has 1 aliphatic rings. The van der Waals surface area contributed by atoms with Crippen molar-refractivity contribution in [3.8, 4) is 0 Å². The fraction of sp³-hybridized carbons (Fsp3) is 1.00. The van der Waals surface area contributed by atoms with E-state index >= 15 is 0 Å². The summed E-state index contributed by atoms with van der Waals surface area (Å²) in [7, 11) is 2.44. The first-order valence-corrected chi connectivity index (χ1v) is 6.46. The van der Waals surface area contributed by atoms with Gasteiger partial charge in [0.1, 0.15) is 0 Å². The van der Waals surface area contributed by atoms with Crippen molar-refractivity contribution in [3.05, 3.63) is 0 Å². The molecule has 1 aliphatic heterocycles. The highest BCUT2D eigenvalue weighted by Crippen LogP contribution is 2.18. The zero-order chi connectivity index (χ0) is 10.4. The minimum Gasteiger partial charge on any atom is -1.00 e. The molecule has 92 valence electrons. The molecule has 0 unspecified atom stereocenters. The smallest absolute Gasteiger partial charge is 0.0786 e. The number of hydrogen-bond acceptors (Lipinski definition) is 0. The number of halogens is 1. The predicted octanol–water partition coefficient (Wildman–Crippen LogP) is 0.447. The van der Waals surface area contributed by atoms with Gasteiger partial charge in [0, 0.05) is 12.8 Å². The van der Waals surface area contributed by atoms with Crippen molar-refractivity contribution >= 4 is 0 Å². The summed E-state index contributed by atoms with van der Waals surface area (Å²) in [5, 5.41) is 0. The second-order valence-electron chi connectivity index (χ2n) is 5.74. The van der Waals surface area contributed by atoms with Crippen molar-refractivity contribution in [2.45, 2.75) is 52.4 Å². The van der Waals surface area contributed by atoms with Gasteiger partial charge in [-0.25, -0.2) is 0 Å². The van der Waals surface area contributed by atoms with Crippen molar-refractivity contribution in [1.29, 1.82) is 0 Å². The standard InChI is InChI=1S/C13H28N.BrH/c1-13(2)9-5-4-6-10-14(3)11-7-8-12-14;/h13H,4-12H2,1-3H3;1H/q+1;/p-1. The van der Waals surface area contributed by atoms with E-state index in [4.69, 9.17) is 0 Å². The summed E-state index contributed by atoms with van der Waals surface area (Å²) in [5.41, 5.74) is 0. The van der Waals surface area contributed by atoms with E-state index in [1.54, 1.807) is 0 Å². The molecule has 0 aromatic carbocycles. The summed E-state index contributed by atoms with van der Waals surface area (Å²) in [6, 6.07) is 0. The molecule has 2 heteroatoms. The normalized spacial score (nSPS) is 19.2. The van der Waals surface area contributed by atoms with Crippen LogP contribution < -0.4 is 17.0 Å². The maximum atomic E-state index is 2.44. The van der Waals surface area contributed by atoms with Gasteiger partial charge in [-0.1, -0.05) is 26.7 Å². The molecular formula is C13H28BrN. The van der Waals surface area contributed by atoms with Crippen LogP contribution in [0.15, 0.2) is 0 Å². The van der Waals surface area contributed by atoms with Crippen LogP contribution in [0.4, 0.5) is 0 Å². The molecule has 0 saturated carbocycles. The lowest BCUT2D eigenvalue weighted by atomic mass is 10.1. The summed E-state index contributed by atoms with van der Waals surface area (Å²) >= 11 is 0. The zero-order valence-corrected chi connectivity index (χ0v) is 12.4. The van der Waals surface area contributed by atoms with Crippen LogP contribution in [0.2, 0.25) is 0 Å². The van der Waals surface area contributed by atoms with E-state index in [0.717, 1.165) is 5.92 Å². The number of rotatable bonds is 6. The van der Waals surface area contributed by atoms with Gasteiger partial charge >= 0.3 is 0 Å². The number of quaternary nitrogens is 1. The van der Waals surface area contributed by atoms with Gasteiger partial charge in [-0.05, 0) is 18.8 Å². The molecule has 15 heavy (non-hydrogen) atoms. The second-order valence-corrected chi connectivity index (χ2v) is 5.74. The van der Waals surface area contributed by atoms with E-state index in [1.165, 1.54) is 62.6 Å². The molecule has 0 amide bonds. The molecule has 1 fully saturated rings. The van der Waals surface area contributed by atoms with Crippen molar-refractivity contribution < 1.29 is 21.5 Å². The summed E-state index contributed by atoms with van der Waals surface area (Å²) < 4.78 is 1.36. The predicted molar refractivity (Wildman–Crippen MR) is 63.3 cm³/mol. The Morgan fingerprint density at radius 2 is 1.60 bits per heavy atom. The van der Waals surface area contributed by atoms with Crippen LogP contribution in [-0.4, -0.2) is 31.2 Å². The minimum absolute atomic E-state index is 0. The lowest BCUT2D eigenvalue weighted by Crippen LogP contribution is -3.00. The molecule has 0 radical (unpaired) electrons. The molecule has 0 aromatic heterocycles. The minimum atomic E-state index is 0. The van der Waals surface area contributed by atoms with E-state index in [1.807, 2.05) is 0 Å². The average molecular weight is 278 g/mol. The zero-order valence-electron chi connectivity index (χ0n) is 10.8. The Bertz CT molecular complexity index is 151. The second kappa shape index (κ2) is 7.67. The van der Waals surface area contributed by atoms with E-state index in [9.17, 15) is 0 Å². The summed E-state index contributed by atoms with van der Waals surface area (Å²) in [4.78, 5) is 0. The Labute approximate surface area is 107 Å². The maximum Gasteiger partial charge on any atom is 0.0786 e. The van der Waals surface area contributed by atoms with E-state index in [2.05, 4.69) is 20.9 Å². The van der Waals surface area contributed by atoms with Crippen molar-refractivity contribution in [2.75, 3.05) is 26.7 Å². The van der Waals surface area contributed by atoms with Crippen LogP contribution >= 0.6 is 0 Å². The number of unbranched alkanes of at least 4 members (excludes halogenated alkanes) is 2. The molecule has 0 bridgehead atoms. The van der Waals surface area contributed by atoms with Crippen molar-refractivity contribution in [2.24, 2.45) is 5.92 Å². The Kier molecular flexibility index (Phi) is 7.90. The fourth-order valence-corrected chi connectivity index (χ4v) is 2.55. The third-order valence-corrected chi connectivity index (χ3v) is 3.63. The summed E-state index contributed by atoms with van der Waals surface area (Å²) in [5.74, 6) is 0.895. The van der Waals surface area contributed by atoms with Gasteiger partial charge in [-0.3, -0.25) is 0 Å². The summed E-state index contributed by atoms with van der Waals surface area (Å²) in [6.07, 6.45) is 8.68. The highest BCUT2D eigenvalue weighted by molar-refractivity contribution is 4.53. The largest absolute Gasteiger partial charge is 1.00 e. The third kappa shape index (κ3) is 6.57. The Hall–Kier alpha value is 0.440. The topological polar surface area (TPSA) is 0 Å². The van der Waals surface area contributed by atoms with Gasteiger partial charge < -0.3 is 21.5 Å². The SMILES string of the molecule is CC(C)CCCCC[N+]1(C)CCCC1.[Br-]. The van der Waals surface area contributed by atoms with Gasteiger partial charge in [-0.2, -0.15) is 0 Å². The molecule has 1 saturated heterocycles. The summed E-state index contributed by atoms with van der Waals surface area (Å²) in [6.45, 7) is 8.95. The van der Waals surface area contributed by atoms with E-state index in [0.29, 0.717) is 0 Å². The van der Waals surface area contributed by atoms with Gasteiger partial charge in [-0.15, -0.1) is 0 Å². The van der Waals surface area contributed by atoms with Crippen molar-refractivity contribution in [3.63, 3.8) is 0 Å². The first-order chi connectivity index (χ1) is 6.62. The van der Waals surface area contributed by atoms with Crippen LogP contribution in [0.3, 0.4) is 0 Å². The van der Waals surface area contributed by atoms with E-state index < -0.39 is 0 Å². The monoisotopic (exact) mass is 277 g/mol. The third-order valence-electron chi connectivity index (χ3n) is 3.63. The Morgan fingerprint density at radius 1 is 1.00 bits per heavy atom. The highest BCUT2D eigenvalue weighted by atomic mass is 79.9. The Balaban J connectivity index is 0.00000196. The van der Waals surface area contributed by atoms with Crippen molar-refractivity contribution in [1.82, 2.24) is 0 Å². The van der Waals surface area contributed by atoms with Crippen LogP contribution in [0.25, 0.3) is 0 Å². The Morgan fingerprint density at radius 3 is 2.13 bits per heavy atom. The molecule has 1 rings (SSSR count). The quantitative estimate of drug-likeness (QED) is 0.489. The highest BCUT2D eigenvalue weighted by Gasteiger charge is 2.25. The molecule has 1 heterocycles. The molecule has 0 atom stereocenters. The van der Waals surface area contributed by atoms with E-state index in [-0.39, 0.29) is 17.0 Å². The number of likely N-dealkylation sites (tertiary alicyclic amines) is 1. The first kappa shape index (κ1) is 15.4. The lowest BCUT2D eigenvalue weighted by molar-refractivity contribution is -0.897. The van der Waals surface area contributed by atoms with Gasteiger partial charge in [0.2, 0.25) is 0 Å². The van der Waals surface area contributed by atoms with Crippen LogP contribution in [0, 0.1) is 5.92 Å². The van der Waals surface area contributed by atoms with Crippen LogP contribution in [-0.2, 0) is 0 Å². The fourth-order valence-electron chi connectivity index (χ4n) is 2.55. The average Bonchev–Trinajstić information content (AvgIpc) is 2.51. The number of hydrogen-bond donors (Lipinski definition) is 0. The molecule has 0 N–H and O–H groups in total. The molecule has 0 aromatic rings. The molecule has 1 nitrogen and oxygen atoms in total. The van der Waals surface area contributed by atoms with Gasteiger partial charge in [0.25, 0.3) is 0 Å². The molecular weight excluding hydrogens is 250 g/mol. The van der Waals surface area contributed by atoms with Crippen LogP contribution in [0.1, 0.15) is 52.4 Å². The van der Waals surface area contributed by atoms with Gasteiger partial charge in [0.15, 0.2) is 0 Å². The van der Waals surface area contributed by atoms with Gasteiger partial charge in [0.05, 0.1) is 26.7 Å². The first-order valence-electron chi connectivity index (χ1n) is 6.46. The molecule has 0 spiro atoms. The number of nitrogens with zero attached hydrogens (tertiary/aromatic N) is 1. The molecule has 0 aliphatic carbocycles. The lowest BCUT2D eigenvalue weighted by Gasteiger charge is -2.29. The van der Waals surface area contributed by atoms with Crippen LogP contribution in [0.5, 0.6) is 0 Å².